The molecule has 0 aromatic heterocycles. The maximum atomic E-state index is 5.34. The van der Waals surface area contributed by atoms with Crippen LogP contribution in [0.1, 0.15) is 5.56 Å². The van der Waals surface area contributed by atoms with Crippen LogP contribution in [-0.2, 0) is 0 Å². The lowest BCUT2D eigenvalue weighted by Crippen LogP contribution is -2.23. The van der Waals surface area contributed by atoms with Gasteiger partial charge in [0.1, 0.15) is 5.75 Å². The summed E-state index contributed by atoms with van der Waals surface area (Å²) in [7, 11) is 4.78. The van der Waals surface area contributed by atoms with Crippen LogP contribution in [0.25, 0.3) is 0 Å². The van der Waals surface area contributed by atoms with Gasteiger partial charge in [-0.2, -0.15) is 5.10 Å². The minimum Gasteiger partial charge on any atom is -0.497 e. The van der Waals surface area contributed by atoms with Gasteiger partial charge in [0.05, 0.1) is 27.5 Å². The SMILES string of the molecule is COc1cccc(NC(=S)N/N=C\c2cccc(OC)c2OC)c1. The van der Waals surface area contributed by atoms with Gasteiger partial charge in [-0.15, -0.1) is 0 Å². The molecule has 2 aromatic carbocycles. The summed E-state index contributed by atoms with van der Waals surface area (Å²) in [6.45, 7) is 0. The summed E-state index contributed by atoms with van der Waals surface area (Å²) in [5, 5.41) is 7.51. The monoisotopic (exact) mass is 345 g/mol. The van der Waals surface area contributed by atoms with Crippen LogP contribution in [0.2, 0.25) is 0 Å². The van der Waals surface area contributed by atoms with Gasteiger partial charge < -0.3 is 19.5 Å². The molecule has 0 bridgehead atoms. The number of rotatable bonds is 6. The van der Waals surface area contributed by atoms with Crippen molar-refractivity contribution in [2.75, 3.05) is 26.6 Å². The van der Waals surface area contributed by atoms with Gasteiger partial charge in [0, 0.05) is 17.3 Å². The fourth-order valence-corrected chi connectivity index (χ4v) is 2.20. The summed E-state index contributed by atoms with van der Waals surface area (Å²) in [5.74, 6) is 1.99. The Morgan fingerprint density at radius 2 is 1.83 bits per heavy atom. The van der Waals surface area contributed by atoms with E-state index in [0.717, 1.165) is 17.0 Å². The lowest BCUT2D eigenvalue weighted by atomic mass is 10.2. The first-order valence-corrected chi connectivity index (χ1v) is 7.54. The molecule has 0 aliphatic rings. The van der Waals surface area contributed by atoms with E-state index >= 15 is 0 Å². The van der Waals surface area contributed by atoms with Gasteiger partial charge in [-0.1, -0.05) is 12.1 Å². The molecule has 0 saturated carbocycles. The molecule has 2 aromatic rings. The molecule has 7 heteroatoms. The standard InChI is InChI=1S/C17H19N3O3S/c1-21-14-8-5-7-13(10-14)19-17(24)20-18-11-12-6-4-9-15(22-2)16(12)23-3/h4-11H,1-3H3,(H2,19,20,24)/b18-11-. The van der Waals surface area contributed by atoms with Crippen molar-refractivity contribution in [3.8, 4) is 17.2 Å². The number of thiocarbonyl (C=S) groups is 1. The normalized spacial score (nSPS) is 10.3. The number of ether oxygens (including phenoxy) is 3. The third-order valence-electron chi connectivity index (χ3n) is 3.13. The van der Waals surface area contributed by atoms with Crippen molar-refractivity contribution in [1.29, 1.82) is 0 Å². The number of methoxy groups -OCH3 is 3. The Balaban J connectivity index is 2.00. The number of anilines is 1. The van der Waals surface area contributed by atoms with Crippen LogP contribution in [0.5, 0.6) is 17.2 Å². The quantitative estimate of drug-likeness (QED) is 0.477. The van der Waals surface area contributed by atoms with Gasteiger partial charge in [-0.05, 0) is 36.5 Å². The minimum absolute atomic E-state index is 0.362. The summed E-state index contributed by atoms with van der Waals surface area (Å²) in [4.78, 5) is 0. The van der Waals surface area contributed by atoms with E-state index in [2.05, 4.69) is 15.8 Å². The Kier molecular flexibility index (Phi) is 6.39. The smallest absolute Gasteiger partial charge is 0.191 e. The van der Waals surface area contributed by atoms with Gasteiger partial charge in [-0.3, -0.25) is 5.43 Å². The molecule has 0 unspecified atom stereocenters. The topological polar surface area (TPSA) is 64.1 Å². The summed E-state index contributed by atoms with van der Waals surface area (Å²) in [6, 6.07) is 13.0. The first-order chi connectivity index (χ1) is 11.7. The molecule has 0 aliphatic heterocycles. The highest BCUT2D eigenvalue weighted by Gasteiger charge is 2.07. The second kappa shape index (κ2) is 8.73. The molecule has 0 heterocycles. The zero-order valence-corrected chi connectivity index (χ0v) is 14.5. The third-order valence-corrected chi connectivity index (χ3v) is 3.32. The van der Waals surface area contributed by atoms with Crippen LogP contribution in [0.15, 0.2) is 47.6 Å². The van der Waals surface area contributed by atoms with E-state index in [1.54, 1.807) is 27.5 Å². The van der Waals surface area contributed by atoms with Crippen molar-refractivity contribution in [3.63, 3.8) is 0 Å². The Morgan fingerprint density at radius 3 is 2.54 bits per heavy atom. The second-order valence-corrected chi connectivity index (χ2v) is 5.05. The Bertz CT molecular complexity index is 735. The molecule has 0 fully saturated rings. The van der Waals surface area contributed by atoms with Crippen molar-refractivity contribution in [3.05, 3.63) is 48.0 Å². The van der Waals surface area contributed by atoms with Crippen molar-refractivity contribution < 1.29 is 14.2 Å². The molecule has 0 aliphatic carbocycles. The number of hydrazone groups is 1. The van der Waals surface area contributed by atoms with Gasteiger partial charge in [-0.25, -0.2) is 0 Å². The fourth-order valence-electron chi connectivity index (χ4n) is 2.03. The van der Waals surface area contributed by atoms with E-state index in [-0.39, 0.29) is 0 Å². The molecule has 24 heavy (non-hydrogen) atoms. The van der Waals surface area contributed by atoms with Gasteiger partial charge in [0.25, 0.3) is 0 Å². The molecule has 126 valence electrons. The average Bonchev–Trinajstić information content (AvgIpc) is 2.61. The van der Waals surface area contributed by atoms with Crippen molar-refractivity contribution >= 4 is 29.2 Å². The molecule has 6 nitrogen and oxygen atoms in total. The van der Waals surface area contributed by atoms with E-state index < -0.39 is 0 Å². The van der Waals surface area contributed by atoms with Crippen molar-refractivity contribution in [1.82, 2.24) is 5.43 Å². The lowest BCUT2D eigenvalue weighted by molar-refractivity contribution is 0.354. The molecule has 0 atom stereocenters. The van der Waals surface area contributed by atoms with E-state index in [9.17, 15) is 0 Å². The van der Waals surface area contributed by atoms with Crippen LogP contribution in [0, 0.1) is 0 Å². The number of hydrogen-bond acceptors (Lipinski definition) is 5. The number of nitrogens with one attached hydrogen (secondary N) is 2. The molecular formula is C17H19N3O3S. The molecule has 2 N–H and O–H groups in total. The summed E-state index contributed by atoms with van der Waals surface area (Å²) in [6.07, 6.45) is 1.61. The van der Waals surface area contributed by atoms with Gasteiger partial charge in [0.15, 0.2) is 16.6 Å². The first kappa shape index (κ1) is 17.6. The summed E-state index contributed by atoms with van der Waals surface area (Å²) < 4.78 is 15.8. The van der Waals surface area contributed by atoms with Gasteiger partial charge in [0.2, 0.25) is 0 Å². The molecule has 0 saturated heterocycles. The van der Waals surface area contributed by atoms with Crippen LogP contribution < -0.4 is 25.0 Å². The molecule has 0 radical (unpaired) electrons. The Labute approximate surface area is 146 Å². The second-order valence-electron chi connectivity index (χ2n) is 4.64. The zero-order chi connectivity index (χ0) is 17.4. The van der Waals surface area contributed by atoms with Crippen LogP contribution >= 0.6 is 12.2 Å². The third kappa shape index (κ3) is 4.60. The Morgan fingerprint density at radius 1 is 1.04 bits per heavy atom. The number of benzene rings is 2. The summed E-state index contributed by atoms with van der Waals surface area (Å²) in [5.41, 5.74) is 4.34. The lowest BCUT2D eigenvalue weighted by Gasteiger charge is -2.10. The van der Waals surface area contributed by atoms with Crippen LogP contribution in [0.3, 0.4) is 0 Å². The Hall–Kier alpha value is -2.80. The summed E-state index contributed by atoms with van der Waals surface area (Å²) >= 11 is 5.21. The number of hydrogen-bond donors (Lipinski definition) is 2. The van der Waals surface area contributed by atoms with Crippen LogP contribution in [0.4, 0.5) is 5.69 Å². The number of para-hydroxylation sites is 1. The average molecular weight is 345 g/mol. The predicted molar refractivity (Wildman–Crippen MR) is 99.5 cm³/mol. The van der Waals surface area contributed by atoms with Crippen LogP contribution in [-0.4, -0.2) is 32.7 Å². The van der Waals surface area contributed by atoms with E-state index in [1.165, 1.54) is 0 Å². The first-order valence-electron chi connectivity index (χ1n) is 7.13. The van der Waals surface area contributed by atoms with E-state index in [4.69, 9.17) is 26.4 Å². The molecule has 2 rings (SSSR count). The van der Waals surface area contributed by atoms with E-state index in [0.29, 0.717) is 16.6 Å². The fraction of sp³-hybridized carbons (Fsp3) is 0.176. The van der Waals surface area contributed by atoms with Crippen molar-refractivity contribution in [2.45, 2.75) is 0 Å². The highest BCUT2D eigenvalue weighted by atomic mass is 32.1. The highest BCUT2D eigenvalue weighted by Crippen LogP contribution is 2.29. The van der Waals surface area contributed by atoms with Crippen molar-refractivity contribution in [2.24, 2.45) is 5.10 Å². The maximum Gasteiger partial charge on any atom is 0.191 e. The van der Waals surface area contributed by atoms with Gasteiger partial charge >= 0.3 is 0 Å². The molecule has 0 amide bonds. The minimum atomic E-state index is 0.362. The molecule has 0 spiro atoms. The largest absolute Gasteiger partial charge is 0.497 e. The zero-order valence-electron chi connectivity index (χ0n) is 13.7. The molecular weight excluding hydrogens is 326 g/mol. The highest BCUT2D eigenvalue weighted by molar-refractivity contribution is 7.80. The number of nitrogens with zero attached hydrogens (tertiary/aromatic N) is 1. The van der Waals surface area contributed by atoms with E-state index in [1.807, 2.05) is 42.5 Å². The maximum absolute atomic E-state index is 5.34. The predicted octanol–water partition coefficient (Wildman–Crippen LogP) is 3.03.